The highest BCUT2D eigenvalue weighted by Gasteiger charge is 2.21. The van der Waals surface area contributed by atoms with Gasteiger partial charge in [0, 0.05) is 18.7 Å². The summed E-state index contributed by atoms with van der Waals surface area (Å²) in [5.41, 5.74) is 6.55. The fourth-order valence-electron chi connectivity index (χ4n) is 2.85. The topological polar surface area (TPSA) is 67.6 Å². The van der Waals surface area contributed by atoms with Crippen molar-refractivity contribution in [3.63, 3.8) is 0 Å². The van der Waals surface area contributed by atoms with E-state index in [9.17, 15) is 4.79 Å². The lowest BCUT2D eigenvalue weighted by atomic mass is 9.98. The number of nitrogen functional groups attached to an aromatic ring is 1. The van der Waals surface area contributed by atoms with Crippen molar-refractivity contribution in [2.45, 2.75) is 32.7 Å². The molecule has 25 heavy (non-hydrogen) atoms. The van der Waals surface area contributed by atoms with Gasteiger partial charge in [0.15, 0.2) is 0 Å². The molecule has 1 aliphatic rings. The predicted molar refractivity (Wildman–Crippen MR) is 109 cm³/mol. The molecule has 0 spiro atoms. The van der Waals surface area contributed by atoms with Gasteiger partial charge in [-0.1, -0.05) is 18.5 Å². The number of ether oxygens (including phenoxy) is 1. The molecule has 2 rings (SSSR count). The van der Waals surface area contributed by atoms with Crippen LogP contribution in [-0.4, -0.2) is 43.6 Å². The van der Waals surface area contributed by atoms with Crippen molar-refractivity contribution in [1.82, 2.24) is 10.2 Å². The molecule has 1 unspecified atom stereocenters. The molecule has 5 nitrogen and oxygen atoms in total. The van der Waals surface area contributed by atoms with Gasteiger partial charge in [-0.25, -0.2) is 0 Å². The Kier molecular flexibility index (Phi) is 10.6. The molecule has 1 saturated heterocycles. The summed E-state index contributed by atoms with van der Waals surface area (Å²) in [6.45, 7) is 7.22. The van der Waals surface area contributed by atoms with Gasteiger partial charge in [-0.05, 0) is 44.8 Å². The average molecular weight is 413 g/mol. The molecule has 0 aromatic heterocycles. The second-order valence-electron chi connectivity index (χ2n) is 6.35. The van der Waals surface area contributed by atoms with Gasteiger partial charge in [0.25, 0.3) is 5.91 Å². The third-order valence-electron chi connectivity index (χ3n) is 4.56. The lowest BCUT2D eigenvalue weighted by Gasteiger charge is -2.35. The van der Waals surface area contributed by atoms with Gasteiger partial charge >= 0.3 is 0 Å². The molecule has 144 valence electrons. The number of piperidine rings is 1. The van der Waals surface area contributed by atoms with Crippen LogP contribution >= 0.6 is 36.4 Å². The van der Waals surface area contributed by atoms with Crippen LogP contribution < -0.4 is 15.8 Å². The first kappa shape index (κ1) is 24.1. The second-order valence-corrected chi connectivity index (χ2v) is 6.76. The Balaban J connectivity index is 0.00000288. The molecule has 0 bridgehead atoms. The summed E-state index contributed by atoms with van der Waals surface area (Å²) < 4.78 is 5.23. The molecule has 8 heteroatoms. The van der Waals surface area contributed by atoms with E-state index in [2.05, 4.69) is 24.1 Å². The van der Waals surface area contributed by atoms with Crippen molar-refractivity contribution in [2.24, 2.45) is 5.92 Å². The van der Waals surface area contributed by atoms with E-state index in [0.717, 1.165) is 19.0 Å². The predicted octanol–water partition coefficient (Wildman–Crippen LogP) is 3.62. The molecule has 0 saturated carbocycles. The summed E-state index contributed by atoms with van der Waals surface area (Å²) in [6.07, 6.45) is 2.44. The smallest absolute Gasteiger partial charge is 0.255 e. The molecule has 1 aromatic rings. The Hall–Kier alpha value is -0.880. The normalized spacial score (nSPS) is 16.3. The summed E-state index contributed by atoms with van der Waals surface area (Å²) in [7, 11) is 1.51. The zero-order valence-electron chi connectivity index (χ0n) is 14.9. The van der Waals surface area contributed by atoms with Gasteiger partial charge in [0.2, 0.25) is 0 Å². The quantitative estimate of drug-likeness (QED) is 0.725. The second kappa shape index (κ2) is 11.0. The largest absolute Gasteiger partial charge is 0.496 e. The van der Waals surface area contributed by atoms with Crippen molar-refractivity contribution < 1.29 is 9.53 Å². The number of benzene rings is 1. The van der Waals surface area contributed by atoms with Gasteiger partial charge < -0.3 is 15.8 Å². The monoisotopic (exact) mass is 411 g/mol. The van der Waals surface area contributed by atoms with Crippen LogP contribution in [0.5, 0.6) is 5.75 Å². The summed E-state index contributed by atoms with van der Waals surface area (Å²) in [4.78, 5) is 14.8. The number of carbonyl (C=O) groups is 1. The zero-order chi connectivity index (χ0) is 17.0. The maximum absolute atomic E-state index is 12.4. The van der Waals surface area contributed by atoms with Crippen molar-refractivity contribution in [3.05, 3.63) is 22.7 Å². The number of nitrogens with zero attached hydrogens (tertiary/aromatic N) is 1. The van der Waals surface area contributed by atoms with Crippen LogP contribution in [0.4, 0.5) is 5.69 Å². The Morgan fingerprint density at radius 1 is 1.40 bits per heavy atom. The number of anilines is 1. The lowest BCUT2D eigenvalue weighted by molar-refractivity contribution is 0.0919. The van der Waals surface area contributed by atoms with Crippen molar-refractivity contribution in [1.29, 1.82) is 0 Å². The van der Waals surface area contributed by atoms with Crippen LogP contribution in [-0.2, 0) is 0 Å². The minimum absolute atomic E-state index is 0. The first-order valence-electron chi connectivity index (χ1n) is 8.07. The standard InChI is InChI=1S/C17H26ClN3O2.2ClH/c1-11-4-6-21(7-5-11)12(2)10-20-17(22)13-8-14(18)15(19)9-16(13)23-3;;/h8-9,11-12H,4-7,10,19H2,1-3H3,(H,20,22);2*1H. The summed E-state index contributed by atoms with van der Waals surface area (Å²) in [5.74, 6) is 1.04. The van der Waals surface area contributed by atoms with Gasteiger partial charge in [-0.15, -0.1) is 24.8 Å². The summed E-state index contributed by atoms with van der Waals surface area (Å²) >= 11 is 6.02. The first-order valence-corrected chi connectivity index (χ1v) is 8.45. The van der Waals surface area contributed by atoms with Gasteiger partial charge in [-0.3, -0.25) is 9.69 Å². The Bertz CT molecular complexity index is 564. The van der Waals surface area contributed by atoms with Crippen LogP contribution in [0.3, 0.4) is 0 Å². The lowest BCUT2D eigenvalue weighted by Crippen LogP contribution is -2.45. The molecule has 1 atom stereocenters. The van der Waals surface area contributed by atoms with E-state index in [1.807, 2.05) is 0 Å². The molecule has 1 amide bonds. The van der Waals surface area contributed by atoms with Crippen LogP contribution in [0.25, 0.3) is 0 Å². The minimum atomic E-state index is -0.194. The third-order valence-corrected chi connectivity index (χ3v) is 4.89. The van der Waals surface area contributed by atoms with Crippen LogP contribution in [0.1, 0.15) is 37.0 Å². The fourth-order valence-corrected chi connectivity index (χ4v) is 3.01. The van der Waals surface area contributed by atoms with E-state index in [1.165, 1.54) is 20.0 Å². The molecule has 1 aliphatic heterocycles. The molecule has 0 aliphatic carbocycles. The van der Waals surface area contributed by atoms with E-state index < -0.39 is 0 Å². The van der Waals surface area contributed by atoms with Gasteiger partial charge in [0.1, 0.15) is 5.75 Å². The number of likely N-dealkylation sites (tertiary alicyclic amines) is 1. The number of hydrogen-bond donors (Lipinski definition) is 2. The molecular formula is C17H28Cl3N3O2. The number of nitrogens with one attached hydrogen (secondary N) is 1. The summed E-state index contributed by atoms with van der Waals surface area (Å²) in [6, 6.07) is 3.44. The highest BCUT2D eigenvalue weighted by Crippen LogP contribution is 2.28. The van der Waals surface area contributed by atoms with Crippen molar-refractivity contribution in [2.75, 3.05) is 32.5 Å². The molecule has 1 heterocycles. The van der Waals surface area contributed by atoms with E-state index >= 15 is 0 Å². The number of methoxy groups -OCH3 is 1. The van der Waals surface area contributed by atoms with Crippen LogP contribution in [0, 0.1) is 5.92 Å². The van der Waals surface area contributed by atoms with Gasteiger partial charge in [0.05, 0.1) is 23.4 Å². The van der Waals surface area contributed by atoms with E-state index in [1.54, 1.807) is 12.1 Å². The fraction of sp³-hybridized carbons (Fsp3) is 0.588. The van der Waals surface area contributed by atoms with Crippen LogP contribution in [0.15, 0.2) is 12.1 Å². The Labute approximate surface area is 167 Å². The maximum Gasteiger partial charge on any atom is 0.255 e. The van der Waals surface area contributed by atoms with Crippen molar-refractivity contribution >= 4 is 48.0 Å². The first-order chi connectivity index (χ1) is 10.9. The van der Waals surface area contributed by atoms with E-state index in [-0.39, 0.29) is 30.7 Å². The SMILES string of the molecule is COc1cc(N)c(Cl)cc1C(=O)NCC(C)N1CCC(C)CC1.Cl.Cl. The molecular weight excluding hydrogens is 385 g/mol. The van der Waals surface area contributed by atoms with Crippen LogP contribution in [0.2, 0.25) is 5.02 Å². The number of nitrogens with two attached hydrogens (primary N) is 1. The Morgan fingerprint density at radius 2 is 2.00 bits per heavy atom. The molecule has 1 aromatic carbocycles. The minimum Gasteiger partial charge on any atom is -0.496 e. The van der Waals surface area contributed by atoms with E-state index in [4.69, 9.17) is 22.1 Å². The number of halogens is 3. The molecule has 3 N–H and O–H groups in total. The number of amides is 1. The molecule has 0 radical (unpaired) electrons. The Morgan fingerprint density at radius 3 is 2.56 bits per heavy atom. The van der Waals surface area contributed by atoms with E-state index in [0.29, 0.717) is 34.6 Å². The van der Waals surface area contributed by atoms with Gasteiger partial charge in [-0.2, -0.15) is 0 Å². The summed E-state index contributed by atoms with van der Waals surface area (Å²) in [5, 5.41) is 3.32. The highest BCUT2D eigenvalue weighted by atomic mass is 35.5. The number of rotatable bonds is 5. The number of carbonyl (C=O) groups excluding carboxylic acids is 1. The molecule has 1 fully saturated rings. The third kappa shape index (κ3) is 6.41. The highest BCUT2D eigenvalue weighted by molar-refractivity contribution is 6.33. The average Bonchev–Trinajstić information content (AvgIpc) is 2.55. The zero-order valence-corrected chi connectivity index (χ0v) is 17.3. The van der Waals surface area contributed by atoms with Crippen molar-refractivity contribution in [3.8, 4) is 5.75 Å². The maximum atomic E-state index is 12.4. The number of hydrogen-bond acceptors (Lipinski definition) is 4.